The van der Waals surface area contributed by atoms with E-state index in [0.717, 1.165) is 4.90 Å². The number of nitrogens with two attached hydrogens (primary N) is 1. The fraction of sp³-hybridized carbons (Fsp3) is 0.409. The third-order valence-electron chi connectivity index (χ3n) is 5.90. The summed E-state index contributed by atoms with van der Waals surface area (Å²) in [6.45, 7) is 1.16. The lowest BCUT2D eigenvalue weighted by Gasteiger charge is -2.29. The molecule has 1 unspecified atom stereocenters. The molecule has 0 saturated carbocycles. The monoisotopic (exact) mass is 422 g/mol. The fourth-order valence-electron chi connectivity index (χ4n) is 4.20. The summed E-state index contributed by atoms with van der Waals surface area (Å²) in [4.78, 5) is 63.9. The van der Waals surface area contributed by atoms with Gasteiger partial charge in [-0.25, -0.2) is 0 Å². The zero-order chi connectivity index (χ0) is 22.1. The van der Waals surface area contributed by atoms with E-state index >= 15 is 0 Å². The molecule has 2 fully saturated rings. The number of hydrogen-bond donors (Lipinski definition) is 2. The van der Waals surface area contributed by atoms with Gasteiger partial charge >= 0.3 is 0 Å². The van der Waals surface area contributed by atoms with Crippen LogP contribution in [0, 0.1) is 17.8 Å². The van der Waals surface area contributed by atoms with E-state index in [1.54, 1.807) is 23.1 Å². The van der Waals surface area contributed by atoms with Crippen LogP contribution in [0.4, 0.5) is 0 Å². The second kappa shape index (κ2) is 8.32. The summed E-state index contributed by atoms with van der Waals surface area (Å²) in [5, 5.41) is 2.18. The topological polar surface area (TPSA) is 130 Å². The molecule has 0 spiro atoms. The largest absolute Gasteiger partial charge is 0.342 e. The molecule has 9 nitrogen and oxygen atoms in total. The number of hydrogen-bond acceptors (Lipinski definition) is 6. The van der Waals surface area contributed by atoms with Crippen LogP contribution in [0.3, 0.4) is 0 Å². The quantitative estimate of drug-likeness (QED) is 0.494. The van der Waals surface area contributed by atoms with E-state index in [9.17, 15) is 24.0 Å². The highest BCUT2D eigenvalue weighted by Gasteiger charge is 2.45. The Labute approximate surface area is 178 Å². The van der Waals surface area contributed by atoms with Gasteiger partial charge in [0.15, 0.2) is 0 Å². The lowest BCUT2D eigenvalue weighted by Crippen LogP contribution is -2.54. The molecule has 5 amide bonds. The Morgan fingerprint density at radius 3 is 2.52 bits per heavy atom. The van der Waals surface area contributed by atoms with Crippen LogP contribution < -0.4 is 11.1 Å². The number of rotatable bonds is 2. The van der Waals surface area contributed by atoms with Crippen LogP contribution in [0.15, 0.2) is 18.2 Å². The summed E-state index contributed by atoms with van der Waals surface area (Å²) >= 11 is 0. The van der Waals surface area contributed by atoms with E-state index in [0.29, 0.717) is 31.5 Å². The molecule has 4 rings (SSSR count). The Kier molecular flexibility index (Phi) is 5.57. The number of carbonyl (C=O) groups excluding carboxylic acids is 5. The Balaban J connectivity index is 1.54. The number of benzene rings is 1. The van der Waals surface area contributed by atoms with Crippen LogP contribution in [0.2, 0.25) is 0 Å². The number of piperidine rings is 2. The van der Waals surface area contributed by atoms with Crippen molar-refractivity contribution in [2.75, 3.05) is 19.6 Å². The number of likely N-dealkylation sites (tertiary alicyclic amines) is 1. The van der Waals surface area contributed by atoms with Gasteiger partial charge in [0.25, 0.3) is 11.8 Å². The lowest BCUT2D eigenvalue weighted by molar-refractivity contribution is -0.136. The number of imide groups is 2. The smallest absolute Gasteiger partial charge is 0.263 e. The Bertz CT molecular complexity index is 1050. The zero-order valence-corrected chi connectivity index (χ0v) is 16.8. The number of carbonyl (C=O) groups is 5. The first-order valence-corrected chi connectivity index (χ1v) is 10.2. The normalized spacial score (nSPS) is 21.5. The highest BCUT2D eigenvalue weighted by molar-refractivity contribution is 6.24. The van der Waals surface area contributed by atoms with Crippen molar-refractivity contribution in [3.8, 4) is 11.8 Å². The van der Waals surface area contributed by atoms with E-state index in [1.165, 1.54) is 0 Å². The summed E-state index contributed by atoms with van der Waals surface area (Å²) in [5.74, 6) is 4.01. The molecule has 3 heterocycles. The van der Waals surface area contributed by atoms with Gasteiger partial charge in [0, 0.05) is 31.0 Å². The predicted molar refractivity (Wildman–Crippen MR) is 108 cm³/mol. The molecule has 1 aromatic carbocycles. The minimum atomic E-state index is -1.00. The van der Waals surface area contributed by atoms with Crippen LogP contribution in [0.5, 0.6) is 0 Å². The van der Waals surface area contributed by atoms with Crippen molar-refractivity contribution in [1.29, 1.82) is 0 Å². The second-order valence-electron chi connectivity index (χ2n) is 7.80. The van der Waals surface area contributed by atoms with E-state index in [2.05, 4.69) is 17.2 Å². The van der Waals surface area contributed by atoms with Crippen molar-refractivity contribution in [3.05, 3.63) is 34.9 Å². The van der Waals surface area contributed by atoms with Crippen LogP contribution in [-0.2, 0) is 14.4 Å². The minimum Gasteiger partial charge on any atom is -0.342 e. The fourth-order valence-corrected chi connectivity index (χ4v) is 4.20. The van der Waals surface area contributed by atoms with E-state index in [4.69, 9.17) is 5.73 Å². The van der Waals surface area contributed by atoms with Crippen molar-refractivity contribution in [2.24, 2.45) is 11.7 Å². The van der Waals surface area contributed by atoms with Gasteiger partial charge in [0.05, 0.1) is 17.7 Å². The van der Waals surface area contributed by atoms with Crippen LogP contribution in [0.1, 0.15) is 52.0 Å². The second-order valence-corrected chi connectivity index (χ2v) is 7.80. The summed E-state index contributed by atoms with van der Waals surface area (Å²) in [6.07, 6.45) is 1.60. The Morgan fingerprint density at radius 2 is 1.84 bits per heavy atom. The third-order valence-corrected chi connectivity index (χ3v) is 5.90. The van der Waals surface area contributed by atoms with Gasteiger partial charge in [-0.05, 0) is 31.4 Å². The highest BCUT2D eigenvalue weighted by Crippen LogP contribution is 2.29. The average Bonchev–Trinajstić information content (AvgIpc) is 3.03. The van der Waals surface area contributed by atoms with Gasteiger partial charge in [-0.1, -0.05) is 17.9 Å². The predicted octanol–water partition coefficient (Wildman–Crippen LogP) is -0.363. The van der Waals surface area contributed by atoms with Gasteiger partial charge in [0.1, 0.15) is 6.04 Å². The van der Waals surface area contributed by atoms with Gasteiger partial charge in [-0.2, -0.15) is 0 Å². The maximum Gasteiger partial charge on any atom is 0.263 e. The minimum absolute atomic E-state index is 0.00762. The molecule has 1 aromatic rings. The highest BCUT2D eigenvalue weighted by atomic mass is 16.2. The molecule has 2 saturated heterocycles. The molecule has 3 N–H and O–H groups in total. The number of nitrogens with zero attached hydrogens (tertiary/aromatic N) is 2. The summed E-state index contributed by atoms with van der Waals surface area (Å²) < 4.78 is 0. The zero-order valence-electron chi connectivity index (χ0n) is 16.8. The Hall–Kier alpha value is -3.51. The van der Waals surface area contributed by atoms with Gasteiger partial charge in [0.2, 0.25) is 17.7 Å². The molecule has 0 radical (unpaired) electrons. The maximum atomic E-state index is 13.1. The molecule has 3 aliphatic heterocycles. The summed E-state index contributed by atoms with van der Waals surface area (Å²) in [5.41, 5.74) is 6.25. The summed E-state index contributed by atoms with van der Waals surface area (Å²) in [7, 11) is 0. The van der Waals surface area contributed by atoms with E-state index < -0.39 is 29.7 Å². The molecular formula is C22H22N4O5. The first-order valence-electron chi connectivity index (χ1n) is 10.2. The number of amides is 5. The SMILES string of the molecule is NCC(=O)N1CCC(C#Cc2cccc3c2C(=O)N(C2CCC(=O)NC2=O)C3=O)CC1. The van der Waals surface area contributed by atoms with Crippen LogP contribution >= 0.6 is 0 Å². The first kappa shape index (κ1) is 20.8. The van der Waals surface area contributed by atoms with Gasteiger partial charge < -0.3 is 10.6 Å². The van der Waals surface area contributed by atoms with E-state index in [1.807, 2.05) is 0 Å². The first-order chi connectivity index (χ1) is 14.9. The molecule has 31 heavy (non-hydrogen) atoms. The average molecular weight is 422 g/mol. The standard InChI is InChI=1S/C22H22N4O5/c23-12-18(28)25-10-8-13(9-11-25)4-5-14-2-1-3-15-19(14)22(31)26(21(15)30)16-6-7-17(27)24-20(16)29/h1-3,13,16H,6-12,23H2,(H,24,27,29). The van der Waals surface area contributed by atoms with Gasteiger partial charge in [-0.3, -0.25) is 34.2 Å². The van der Waals surface area contributed by atoms with Crippen molar-refractivity contribution in [1.82, 2.24) is 15.1 Å². The maximum absolute atomic E-state index is 13.1. The Morgan fingerprint density at radius 1 is 1.10 bits per heavy atom. The summed E-state index contributed by atoms with van der Waals surface area (Å²) in [6, 6.07) is 3.88. The molecular weight excluding hydrogens is 400 g/mol. The van der Waals surface area contributed by atoms with Crippen LogP contribution in [-0.4, -0.2) is 65.0 Å². The molecule has 160 valence electrons. The van der Waals surface area contributed by atoms with Gasteiger partial charge in [-0.15, -0.1) is 0 Å². The molecule has 1 atom stereocenters. The van der Waals surface area contributed by atoms with Crippen molar-refractivity contribution in [2.45, 2.75) is 31.7 Å². The number of nitrogens with one attached hydrogen (secondary N) is 1. The number of fused-ring (bicyclic) bond motifs is 1. The molecule has 9 heteroatoms. The van der Waals surface area contributed by atoms with Crippen molar-refractivity contribution < 1.29 is 24.0 Å². The van der Waals surface area contributed by atoms with Crippen molar-refractivity contribution >= 4 is 29.5 Å². The van der Waals surface area contributed by atoms with E-state index in [-0.39, 0.29) is 42.3 Å². The molecule has 3 aliphatic rings. The molecule has 0 aromatic heterocycles. The third kappa shape index (κ3) is 3.82. The van der Waals surface area contributed by atoms with Crippen LogP contribution in [0.25, 0.3) is 0 Å². The molecule has 0 aliphatic carbocycles. The van der Waals surface area contributed by atoms with Crippen molar-refractivity contribution in [3.63, 3.8) is 0 Å². The lowest BCUT2D eigenvalue weighted by atomic mass is 9.96. The molecule has 0 bridgehead atoms.